The van der Waals surface area contributed by atoms with E-state index >= 15 is 0 Å². The van der Waals surface area contributed by atoms with Gasteiger partial charge < -0.3 is 5.11 Å². The number of rotatable bonds is 5. The molecule has 1 aliphatic rings. The standard InChI is InChI=1S/C27H23FO4/c1-27(32)16-21(29)23(25(30)17-9-4-2-5-10-17)22(19-13-8-14-20(28)15-19)24(27)26(31)18-11-6-3-7-12-18/h2-15,22-24,32H,16H2,1H3/t22-,23-,24+,27-/m0/s1. The van der Waals surface area contributed by atoms with Gasteiger partial charge in [-0.15, -0.1) is 0 Å². The van der Waals surface area contributed by atoms with E-state index in [0.717, 1.165) is 0 Å². The highest BCUT2D eigenvalue weighted by atomic mass is 19.1. The first-order valence-electron chi connectivity index (χ1n) is 10.5. The molecule has 1 N–H and O–H groups in total. The van der Waals surface area contributed by atoms with Crippen molar-refractivity contribution < 1.29 is 23.9 Å². The molecule has 0 spiro atoms. The molecular formula is C27H23FO4. The molecule has 1 fully saturated rings. The minimum atomic E-state index is -1.70. The molecule has 0 radical (unpaired) electrons. The average molecular weight is 430 g/mol. The lowest BCUT2D eigenvalue weighted by atomic mass is 9.58. The highest BCUT2D eigenvalue weighted by Gasteiger charge is 2.55. The highest BCUT2D eigenvalue weighted by molar-refractivity contribution is 6.13. The summed E-state index contributed by atoms with van der Waals surface area (Å²) in [4.78, 5) is 40.3. The minimum Gasteiger partial charge on any atom is -0.389 e. The zero-order chi connectivity index (χ0) is 22.9. The van der Waals surface area contributed by atoms with Crippen LogP contribution in [0.5, 0.6) is 0 Å². The van der Waals surface area contributed by atoms with Crippen molar-refractivity contribution in [2.24, 2.45) is 11.8 Å². The molecule has 0 bridgehead atoms. The van der Waals surface area contributed by atoms with E-state index in [9.17, 15) is 23.9 Å². The van der Waals surface area contributed by atoms with E-state index < -0.39 is 40.7 Å². The molecule has 3 aromatic rings. The van der Waals surface area contributed by atoms with E-state index in [0.29, 0.717) is 16.7 Å². The van der Waals surface area contributed by atoms with Gasteiger partial charge in [0.25, 0.3) is 0 Å². The Balaban J connectivity index is 1.90. The summed E-state index contributed by atoms with van der Waals surface area (Å²) in [5.74, 6) is -5.16. The van der Waals surface area contributed by atoms with Crippen molar-refractivity contribution in [3.8, 4) is 0 Å². The summed E-state index contributed by atoms with van der Waals surface area (Å²) in [6.45, 7) is 1.44. The summed E-state index contributed by atoms with van der Waals surface area (Å²) in [6.07, 6.45) is -0.342. The fraction of sp³-hybridized carbons (Fsp3) is 0.222. The molecule has 162 valence electrons. The fourth-order valence-corrected chi connectivity index (χ4v) is 4.77. The van der Waals surface area contributed by atoms with Crippen LogP contribution in [-0.4, -0.2) is 28.1 Å². The van der Waals surface area contributed by atoms with Gasteiger partial charge in [0.15, 0.2) is 11.6 Å². The third-order valence-corrected chi connectivity index (χ3v) is 6.18. The lowest BCUT2D eigenvalue weighted by Gasteiger charge is -2.45. The monoisotopic (exact) mass is 430 g/mol. The second-order valence-corrected chi connectivity index (χ2v) is 8.50. The number of carbonyl (C=O) groups excluding carboxylic acids is 3. The molecule has 0 heterocycles. The van der Waals surface area contributed by atoms with Crippen LogP contribution in [0.15, 0.2) is 84.9 Å². The van der Waals surface area contributed by atoms with Crippen LogP contribution in [-0.2, 0) is 4.79 Å². The molecular weight excluding hydrogens is 407 g/mol. The first-order valence-corrected chi connectivity index (χ1v) is 10.5. The van der Waals surface area contributed by atoms with Crippen LogP contribution in [0.3, 0.4) is 0 Å². The molecule has 0 aromatic heterocycles. The Morgan fingerprint density at radius 2 is 1.44 bits per heavy atom. The summed E-state index contributed by atoms with van der Waals surface area (Å²) < 4.78 is 14.2. The Labute approximate surface area is 185 Å². The quantitative estimate of drug-likeness (QED) is 0.473. The number of ketones is 3. The van der Waals surface area contributed by atoms with Gasteiger partial charge in [-0.3, -0.25) is 14.4 Å². The molecule has 1 saturated carbocycles. The molecule has 1 aliphatic carbocycles. The molecule has 0 aliphatic heterocycles. The van der Waals surface area contributed by atoms with Crippen LogP contribution in [0.1, 0.15) is 45.5 Å². The smallest absolute Gasteiger partial charge is 0.173 e. The van der Waals surface area contributed by atoms with Gasteiger partial charge in [-0.05, 0) is 24.6 Å². The number of aliphatic hydroxyl groups is 1. The average Bonchev–Trinajstić information content (AvgIpc) is 2.78. The maximum atomic E-state index is 14.2. The Morgan fingerprint density at radius 1 is 0.875 bits per heavy atom. The molecule has 4 nitrogen and oxygen atoms in total. The van der Waals surface area contributed by atoms with E-state index in [4.69, 9.17) is 0 Å². The van der Waals surface area contributed by atoms with Gasteiger partial charge in [0, 0.05) is 23.5 Å². The van der Waals surface area contributed by atoms with Gasteiger partial charge in [-0.2, -0.15) is 0 Å². The molecule has 4 rings (SSSR count). The number of halogens is 1. The fourth-order valence-electron chi connectivity index (χ4n) is 4.77. The van der Waals surface area contributed by atoms with Gasteiger partial charge in [-0.1, -0.05) is 72.8 Å². The van der Waals surface area contributed by atoms with Crippen molar-refractivity contribution in [3.05, 3.63) is 107 Å². The molecule has 32 heavy (non-hydrogen) atoms. The first kappa shape index (κ1) is 21.8. The van der Waals surface area contributed by atoms with E-state index in [1.165, 1.54) is 25.1 Å². The number of hydrogen-bond acceptors (Lipinski definition) is 4. The van der Waals surface area contributed by atoms with Gasteiger partial charge in [0.1, 0.15) is 11.6 Å². The predicted molar refractivity (Wildman–Crippen MR) is 118 cm³/mol. The van der Waals surface area contributed by atoms with Crippen molar-refractivity contribution in [1.82, 2.24) is 0 Å². The maximum absolute atomic E-state index is 14.2. The van der Waals surface area contributed by atoms with E-state index in [1.807, 2.05) is 0 Å². The summed E-state index contributed by atoms with van der Waals surface area (Å²) >= 11 is 0. The largest absolute Gasteiger partial charge is 0.389 e. The van der Waals surface area contributed by atoms with Crippen LogP contribution >= 0.6 is 0 Å². The molecule has 4 atom stereocenters. The summed E-state index contributed by atoms with van der Waals surface area (Å²) in [6, 6.07) is 22.4. The summed E-state index contributed by atoms with van der Waals surface area (Å²) in [5.41, 5.74) is -0.671. The maximum Gasteiger partial charge on any atom is 0.173 e. The second-order valence-electron chi connectivity index (χ2n) is 8.50. The SMILES string of the molecule is C[C@]1(O)CC(=O)[C@H](C(=O)c2ccccc2)[C@H](c2cccc(F)c2)[C@@H]1C(=O)c1ccccc1. The van der Waals surface area contributed by atoms with Crippen LogP contribution in [0.4, 0.5) is 4.39 Å². The highest BCUT2D eigenvalue weighted by Crippen LogP contribution is 2.48. The number of hydrogen-bond donors (Lipinski definition) is 1. The van der Waals surface area contributed by atoms with E-state index in [1.54, 1.807) is 66.7 Å². The predicted octanol–water partition coefficient (Wildman–Crippen LogP) is 4.63. The van der Waals surface area contributed by atoms with Crippen molar-refractivity contribution >= 4 is 17.3 Å². The van der Waals surface area contributed by atoms with Gasteiger partial charge in [-0.25, -0.2) is 4.39 Å². The van der Waals surface area contributed by atoms with Crippen LogP contribution in [0.25, 0.3) is 0 Å². The third kappa shape index (κ3) is 4.04. The number of carbonyl (C=O) groups is 3. The number of Topliss-reactive ketones (excluding diaryl/α,β-unsaturated/α-hetero) is 3. The topological polar surface area (TPSA) is 71.4 Å². The zero-order valence-electron chi connectivity index (χ0n) is 17.6. The van der Waals surface area contributed by atoms with Crippen molar-refractivity contribution in [2.75, 3.05) is 0 Å². The van der Waals surface area contributed by atoms with Crippen molar-refractivity contribution in [2.45, 2.75) is 24.9 Å². The molecule has 0 unspecified atom stereocenters. The van der Waals surface area contributed by atoms with E-state index in [2.05, 4.69) is 0 Å². The van der Waals surface area contributed by atoms with Crippen molar-refractivity contribution in [3.63, 3.8) is 0 Å². The number of benzene rings is 3. The first-order chi connectivity index (χ1) is 15.3. The Morgan fingerprint density at radius 3 is 2.00 bits per heavy atom. The summed E-state index contributed by atoms with van der Waals surface area (Å²) in [5, 5.41) is 11.3. The second kappa shape index (κ2) is 8.60. The molecule has 0 saturated heterocycles. The molecule has 0 amide bonds. The van der Waals surface area contributed by atoms with Crippen molar-refractivity contribution in [1.29, 1.82) is 0 Å². The van der Waals surface area contributed by atoms with Crippen LogP contribution in [0.2, 0.25) is 0 Å². The molecule has 3 aromatic carbocycles. The van der Waals surface area contributed by atoms with Crippen LogP contribution in [0, 0.1) is 17.7 Å². The Hall–Kier alpha value is -3.44. The Kier molecular flexibility index (Phi) is 5.85. The van der Waals surface area contributed by atoms with Gasteiger partial charge in [0.2, 0.25) is 0 Å². The third-order valence-electron chi connectivity index (χ3n) is 6.18. The zero-order valence-corrected chi connectivity index (χ0v) is 17.6. The molecule has 5 heteroatoms. The van der Waals surface area contributed by atoms with Gasteiger partial charge >= 0.3 is 0 Å². The summed E-state index contributed by atoms with van der Waals surface area (Å²) in [7, 11) is 0. The lowest BCUT2D eigenvalue weighted by Crippen LogP contribution is -2.54. The van der Waals surface area contributed by atoms with Crippen LogP contribution < -0.4 is 0 Å². The Bertz CT molecular complexity index is 1150. The van der Waals surface area contributed by atoms with E-state index in [-0.39, 0.29) is 12.2 Å². The minimum absolute atomic E-state index is 0.333. The van der Waals surface area contributed by atoms with Gasteiger partial charge in [0.05, 0.1) is 17.4 Å². The lowest BCUT2D eigenvalue weighted by molar-refractivity contribution is -0.134. The normalized spacial score (nSPS) is 25.3.